The molecule has 0 spiro atoms. The zero-order chi connectivity index (χ0) is 11.9. The average molecular weight is 262 g/mol. The lowest BCUT2D eigenvalue weighted by Gasteiger charge is -2.12. The molecule has 9 heteroatoms. The Morgan fingerprint density at radius 1 is 1.20 bits per heavy atom. The van der Waals surface area contributed by atoms with Crippen molar-refractivity contribution in [3.63, 3.8) is 0 Å². The van der Waals surface area contributed by atoms with E-state index in [9.17, 15) is 13.0 Å². The Balaban J connectivity index is 3.68. The molecule has 0 atom stereocenters. The van der Waals surface area contributed by atoms with Crippen LogP contribution >= 0.6 is 7.60 Å². The highest BCUT2D eigenvalue weighted by Gasteiger charge is 2.20. The molecule has 0 heterocycles. The standard InChI is InChI=1S/C6H15O7PS/c1-11-14(7,12-2)5-3-13-4-6-15(8,9)10/h3-6H2,1-2H3,(H,8,9,10). The van der Waals surface area contributed by atoms with Gasteiger partial charge in [0.1, 0.15) is 0 Å². The third-order valence-electron chi connectivity index (χ3n) is 1.55. The first-order valence-corrected chi connectivity index (χ1v) is 7.40. The van der Waals surface area contributed by atoms with Crippen LogP contribution in [-0.4, -0.2) is 52.3 Å². The van der Waals surface area contributed by atoms with Crippen LogP contribution in [0.3, 0.4) is 0 Å². The van der Waals surface area contributed by atoms with Gasteiger partial charge in [-0.25, -0.2) is 0 Å². The fraction of sp³-hybridized carbons (Fsp3) is 1.00. The molecule has 0 amide bonds. The summed E-state index contributed by atoms with van der Waals surface area (Å²) in [6.45, 7) is -0.124. The van der Waals surface area contributed by atoms with Gasteiger partial charge in [0.05, 0.1) is 25.1 Å². The summed E-state index contributed by atoms with van der Waals surface area (Å²) >= 11 is 0. The maximum Gasteiger partial charge on any atom is 0.332 e. The monoisotopic (exact) mass is 262 g/mol. The Labute approximate surface area is 89.0 Å². The Hall–Kier alpha value is 0.0200. The smallest absolute Gasteiger partial charge is 0.332 e. The quantitative estimate of drug-likeness (QED) is 0.383. The van der Waals surface area contributed by atoms with Gasteiger partial charge >= 0.3 is 7.60 Å². The topological polar surface area (TPSA) is 99.1 Å². The predicted molar refractivity (Wildman–Crippen MR) is 53.7 cm³/mol. The molecule has 0 bridgehead atoms. The number of rotatable bonds is 8. The van der Waals surface area contributed by atoms with Crippen LogP contribution in [0.25, 0.3) is 0 Å². The van der Waals surface area contributed by atoms with Gasteiger partial charge in [-0.05, 0) is 0 Å². The molecular weight excluding hydrogens is 247 g/mol. The summed E-state index contributed by atoms with van der Waals surface area (Å²) in [5, 5.41) is 0. The molecule has 0 radical (unpaired) electrons. The van der Waals surface area contributed by atoms with Crippen LogP contribution in [0.15, 0.2) is 0 Å². The molecule has 7 nitrogen and oxygen atoms in total. The summed E-state index contributed by atoms with van der Waals surface area (Å²) in [6, 6.07) is 0. The van der Waals surface area contributed by atoms with Crippen LogP contribution in [0, 0.1) is 0 Å². The van der Waals surface area contributed by atoms with Crippen LogP contribution < -0.4 is 0 Å². The van der Waals surface area contributed by atoms with Gasteiger partial charge in [-0.2, -0.15) is 8.42 Å². The molecule has 0 fully saturated rings. The van der Waals surface area contributed by atoms with E-state index in [2.05, 4.69) is 9.05 Å². The minimum absolute atomic E-state index is 0.0332. The molecule has 0 saturated heterocycles. The van der Waals surface area contributed by atoms with Crippen molar-refractivity contribution < 1.29 is 31.3 Å². The lowest BCUT2D eigenvalue weighted by atomic mass is 10.8. The van der Waals surface area contributed by atoms with Gasteiger partial charge < -0.3 is 13.8 Å². The molecule has 1 N–H and O–H groups in total. The summed E-state index contributed by atoms with van der Waals surface area (Å²) in [5.41, 5.74) is 0. The summed E-state index contributed by atoms with van der Waals surface area (Å²) in [4.78, 5) is 0. The molecule has 0 unspecified atom stereocenters. The van der Waals surface area contributed by atoms with E-state index < -0.39 is 23.5 Å². The highest BCUT2D eigenvalue weighted by Crippen LogP contribution is 2.45. The maximum atomic E-state index is 11.4. The molecule has 0 saturated carbocycles. The average Bonchev–Trinajstić information content (AvgIpc) is 2.15. The lowest BCUT2D eigenvalue weighted by molar-refractivity contribution is 0.156. The highest BCUT2D eigenvalue weighted by molar-refractivity contribution is 7.85. The van der Waals surface area contributed by atoms with Crippen LogP contribution in [0.1, 0.15) is 0 Å². The van der Waals surface area contributed by atoms with E-state index in [1.165, 1.54) is 14.2 Å². The van der Waals surface area contributed by atoms with Gasteiger partial charge in [0.2, 0.25) is 0 Å². The minimum atomic E-state index is -4.01. The van der Waals surface area contributed by atoms with Gasteiger partial charge in [-0.15, -0.1) is 0 Å². The molecule has 0 aromatic rings. The molecule has 92 valence electrons. The van der Waals surface area contributed by atoms with Crippen molar-refractivity contribution in [2.75, 3.05) is 39.3 Å². The predicted octanol–water partition coefficient (Wildman–Crippen LogP) is 0.377. The second-order valence-corrected chi connectivity index (χ2v) is 6.57. The van der Waals surface area contributed by atoms with E-state index in [1.54, 1.807) is 0 Å². The van der Waals surface area contributed by atoms with Gasteiger partial charge in [0.25, 0.3) is 10.1 Å². The molecule has 0 aliphatic carbocycles. The first kappa shape index (κ1) is 15.0. The van der Waals surface area contributed by atoms with Gasteiger partial charge in [0, 0.05) is 14.2 Å². The normalized spacial score (nSPS) is 13.0. The lowest BCUT2D eigenvalue weighted by Crippen LogP contribution is -2.13. The fourth-order valence-corrected chi connectivity index (χ4v) is 1.90. The van der Waals surface area contributed by atoms with E-state index >= 15 is 0 Å². The van der Waals surface area contributed by atoms with Crippen molar-refractivity contribution in [1.29, 1.82) is 0 Å². The van der Waals surface area contributed by atoms with Crippen molar-refractivity contribution >= 4 is 17.7 Å². The number of hydrogen-bond donors (Lipinski definition) is 1. The maximum absolute atomic E-state index is 11.4. The van der Waals surface area contributed by atoms with Crippen molar-refractivity contribution in [1.82, 2.24) is 0 Å². The molecule has 0 rings (SSSR count). The molecular formula is C6H15O7PS. The number of ether oxygens (including phenoxy) is 1. The zero-order valence-corrected chi connectivity index (χ0v) is 10.3. The molecule has 0 aromatic carbocycles. The summed E-state index contributed by atoms with van der Waals surface area (Å²) < 4.78 is 54.4. The van der Waals surface area contributed by atoms with E-state index in [0.29, 0.717) is 0 Å². The van der Waals surface area contributed by atoms with Crippen LogP contribution in [0.2, 0.25) is 0 Å². The largest absolute Gasteiger partial charge is 0.380 e. The van der Waals surface area contributed by atoms with Crippen LogP contribution in [0.5, 0.6) is 0 Å². The molecule has 0 aliphatic heterocycles. The Morgan fingerprint density at radius 2 is 1.73 bits per heavy atom. The van der Waals surface area contributed by atoms with Gasteiger partial charge in [-0.1, -0.05) is 0 Å². The third kappa shape index (κ3) is 7.89. The summed E-state index contributed by atoms with van der Waals surface area (Å²) in [6.07, 6.45) is 0.0332. The van der Waals surface area contributed by atoms with E-state index in [0.717, 1.165) is 0 Å². The minimum Gasteiger partial charge on any atom is -0.380 e. The van der Waals surface area contributed by atoms with Crippen molar-refractivity contribution in [2.24, 2.45) is 0 Å². The van der Waals surface area contributed by atoms with E-state index in [4.69, 9.17) is 9.29 Å². The summed E-state index contributed by atoms with van der Waals surface area (Å²) in [7, 11) is -4.60. The second kappa shape index (κ2) is 6.57. The molecule has 0 aliphatic rings. The van der Waals surface area contributed by atoms with E-state index in [1.807, 2.05) is 0 Å². The second-order valence-electron chi connectivity index (χ2n) is 2.60. The first-order valence-electron chi connectivity index (χ1n) is 4.06. The number of hydrogen-bond acceptors (Lipinski definition) is 6. The van der Waals surface area contributed by atoms with Crippen molar-refractivity contribution in [2.45, 2.75) is 0 Å². The molecule has 15 heavy (non-hydrogen) atoms. The Kier molecular flexibility index (Phi) is 6.58. The van der Waals surface area contributed by atoms with Crippen molar-refractivity contribution in [3.8, 4) is 0 Å². The Bertz CT molecular complexity index is 303. The zero-order valence-electron chi connectivity index (χ0n) is 8.58. The first-order chi connectivity index (χ1) is 6.83. The van der Waals surface area contributed by atoms with Crippen molar-refractivity contribution in [3.05, 3.63) is 0 Å². The third-order valence-corrected chi connectivity index (χ3v) is 4.08. The molecule has 0 aromatic heterocycles. The van der Waals surface area contributed by atoms with Crippen LogP contribution in [0.4, 0.5) is 0 Å². The SMILES string of the molecule is COP(=O)(CCOCCS(=O)(=O)O)OC. The van der Waals surface area contributed by atoms with Gasteiger partial charge in [0.15, 0.2) is 0 Å². The van der Waals surface area contributed by atoms with E-state index in [-0.39, 0.29) is 19.4 Å². The highest BCUT2D eigenvalue weighted by atomic mass is 32.2. The Morgan fingerprint density at radius 3 is 2.13 bits per heavy atom. The van der Waals surface area contributed by atoms with Gasteiger partial charge in [-0.3, -0.25) is 9.12 Å². The fourth-order valence-electron chi connectivity index (χ4n) is 0.700. The summed E-state index contributed by atoms with van der Waals surface area (Å²) in [5.74, 6) is -0.489. The van der Waals surface area contributed by atoms with Crippen LogP contribution in [-0.2, 0) is 28.5 Å².